The fourth-order valence-electron chi connectivity index (χ4n) is 0.827. The van der Waals surface area contributed by atoms with Crippen LogP contribution in [-0.4, -0.2) is 43.8 Å². The first-order chi connectivity index (χ1) is 6.20. The smallest absolute Gasteiger partial charge is 0.0618 e. The summed E-state index contributed by atoms with van der Waals surface area (Å²) in [6, 6.07) is 2.85. The Bertz CT molecular complexity index is 190. The van der Waals surface area contributed by atoms with E-state index in [4.69, 9.17) is 0 Å². The van der Waals surface area contributed by atoms with Crippen LogP contribution in [0.5, 0.6) is 0 Å². The Morgan fingerprint density at radius 3 is 2.62 bits per heavy atom. The van der Waals surface area contributed by atoms with Gasteiger partial charge < -0.3 is 0 Å². The third-order valence-electron chi connectivity index (χ3n) is 1.70. The molecule has 0 aromatic carbocycles. The molecule has 0 bridgehead atoms. The predicted octanol–water partition coefficient (Wildman–Crippen LogP) is 1.23. The number of rotatable bonds is 5. The van der Waals surface area contributed by atoms with E-state index in [0.29, 0.717) is 0 Å². The van der Waals surface area contributed by atoms with Crippen LogP contribution in [0.2, 0.25) is 0 Å². The van der Waals surface area contributed by atoms with Crippen molar-refractivity contribution < 1.29 is 0 Å². The van der Waals surface area contributed by atoms with Crippen LogP contribution in [0.1, 0.15) is 19.8 Å². The van der Waals surface area contributed by atoms with Crippen LogP contribution >= 0.6 is 0 Å². The van der Waals surface area contributed by atoms with Gasteiger partial charge in [0.25, 0.3) is 0 Å². The lowest BCUT2D eigenvalue weighted by Gasteiger charge is -2.11. The van der Waals surface area contributed by atoms with E-state index in [1.54, 1.807) is 7.05 Å². The maximum Gasteiger partial charge on any atom is 0.0618 e. The van der Waals surface area contributed by atoms with Crippen LogP contribution in [0.15, 0.2) is 5.10 Å². The number of unbranched alkanes of at least 4 members (excludes halogenated alkanes) is 1. The zero-order valence-corrected chi connectivity index (χ0v) is 8.88. The average molecular weight is 181 g/mol. The molecule has 3 nitrogen and oxygen atoms in total. The normalized spacial score (nSPS) is 9.23. The van der Waals surface area contributed by atoms with E-state index in [1.807, 2.05) is 0 Å². The fourth-order valence-corrected chi connectivity index (χ4v) is 0.827. The van der Waals surface area contributed by atoms with Crippen molar-refractivity contribution in [1.82, 2.24) is 9.91 Å². The predicted molar refractivity (Wildman–Crippen MR) is 57.5 cm³/mol. The molecule has 0 saturated carbocycles. The second-order valence-electron chi connectivity index (χ2n) is 3.04. The molecule has 0 N–H and O–H groups in total. The second-order valence-corrected chi connectivity index (χ2v) is 3.04. The lowest BCUT2D eigenvalue weighted by Crippen LogP contribution is -2.20. The molecule has 0 fully saturated rings. The molecule has 3 heteroatoms. The maximum absolute atomic E-state index is 3.64. The van der Waals surface area contributed by atoms with Gasteiger partial charge in [-0.3, -0.25) is 4.90 Å². The molecule has 0 aliphatic rings. The molecule has 0 aromatic heterocycles. The van der Waals surface area contributed by atoms with Crippen LogP contribution in [0.3, 0.4) is 0 Å². The molecular formula is C10H19N3. The second kappa shape index (κ2) is 7.63. The summed E-state index contributed by atoms with van der Waals surface area (Å²) in [5, 5.41) is 5.16. The molecule has 0 unspecified atom stereocenters. The van der Waals surface area contributed by atoms with E-state index in [1.165, 1.54) is 17.9 Å². The minimum absolute atomic E-state index is 0.792. The molecule has 0 rings (SSSR count). The van der Waals surface area contributed by atoms with Gasteiger partial charge in [-0.05, 0) is 20.0 Å². The zero-order valence-electron chi connectivity index (χ0n) is 8.88. The van der Waals surface area contributed by atoms with E-state index in [-0.39, 0.29) is 0 Å². The van der Waals surface area contributed by atoms with Crippen molar-refractivity contribution in [1.29, 1.82) is 0 Å². The minimum Gasteiger partial charge on any atom is -0.295 e. The van der Waals surface area contributed by atoms with Gasteiger partial charge in [-0.1, -0.05) is 19.3 Å². The van der Waals surface area contributed by atoms with Gasteiger partial charge in [-0.15, -0.1) is 0 Å². The molecule has 0 aliphatic heterocycles. The third kappa shape index (κ3) is 7.35. The first-order valence-electron chi connectivity index (χ1n) is 4.58. The number of hydrazone groups is 1. The van der Waals surface area contributed by atoms with E-state index in [9.17, 15) is 0 Å². The van der Waals surface area contributed by atoms with Gasteiger partial charge in [0.15, 0.2) is 0 Å². The third-order valence-corrected chi connectivity index (χ3v) is 1.70. The summed E-state index contributed by atoms with van der Waals surface area (Å²) in [7, 11) is 3.86. The minimum atomic E-state index is 0.792. The SMILES string of the molecule is C=NN(C)C#CCN(C)CCCC. The van der Waals surface area contributed by atoms with Crippen molar-refractivity contribution in [2.45, 2.75) is 19.8 Å². The van der Waals surface area contributed by atoms with E-state index in [2.05, 4.69) is 42.7 Å². The van der Waals surface area contributed by atoms with Crippen molar-refractivity contribution in [2.24, 2.45) is 5.10 Å². The number of hydrogen-bond donors (Lipinski definition) is 0. The van der Waals surface area contributed by atoms with Gasteiger partial charge in [0.05, 0.1) is 6.54 Å². The zero-order chi connectivity index (χ0) is 10.1. The van der Waals surface area contributed by atoms with Crippen molar-refractivity contribution in [3.8, 4) is 12.0 Å². The van der Waals surface area contributed by atoms with Crippen molar-refractivity contribution in [3.63, 3.8) is 0 Å². The summed E-state index contributed by atoms with van der Waals surface area (Å²) in [5.41, 5.74) is 0. The van der Waals surface area contributed by atoms with Crippen LogP contribution in [0.25, 0.3) is 0 Å². The Morgan fingerprint density at radius 2 is 2.08 bits per heavy atom. The molecule has 13 heavy (non-hydrogen) atoms. The Hall–Kier alpha value is -1.01. The highest BCUT2D eigenvalue weighted by Gasteiger charge is 1.92. The van der Waals surface area contributed by atoms with Crippen LogP contribution in [-0.2, 0) is 0 Å². The van der Waals surface area contributed by atoms with Gasteiger partial charge in [0.1, 0.15) is 0 Å². The number of hydrogen-bond acceptors (Lipinski definition) is 3. The highest BCUT2D eigenvalue weighted by atomic mass is 15.4. The Kier molecular flexibility index (Phi) is 7.04. The van der Waals surface area contributed by atoms with E-state index in [0.717, 1.165) is 13.1 Å². The Balaban J connectivity index is 3.59. The molecule has 0 heterocycles. The van der Waals surface area contributed by atoms with Gasteiger partial charge in [0.2, 0.25) is 0 Å². The van der Waals surface area contributed by atoms with E-state index < -0.39 is 0 Å². The number of nitrogens with zero attached hydrogens (tertiary/aromatic N) is 3. The molecule has 0 aliphatic carbocycles. The topological polar surface area (TPSA) is 18.8 Å². The molecule has 0 amide bonds. The average Bonchev–Trinajstić information content (AvgIpc) is 2.14. The molecule has 0 spiro atoms. The summed E-state index contributed by atoms with van der Waals surface area (Å²) in [6.45, 7) is 7.46. The summed E-state index contributed by atoms with van der Waals surface area (Å²) in [5.74, 6) is 3.01. The van der Waals surface area contributed by atoms with Crippen LogP contribution in [0, 0.1) is 12.0 Å². The van der Waals surface area contributed by atoms with E-state index >= 15 is 0 Å². The monoisotopic (exact) mass is 181 g/mol. The molecule has 74 valence electrons. The van der Waals surface area contributed by atoms with Crippen molar-refractivity contribution in [2.75, 3.05) is 27.2 Å². The lowest BCUT2D eigenvalue weighted by molar-refractivity contribution is 0.366. The lowest BCUT2D eigenvalue weighted by atomic mass is 10.3. The van der Waals surface area contributed by atoms with Gasteiger partial charge >= 0.3 is 0 Å². The largest absolute Gasteiger partial charge is 0.295 e. The summed E-state index contributed by atoms with van der Waals surface area (Å²) < 4.78 is 0. The summed E-state index contributed by atoms with van der Waals surface area (Å²) in [4.78, 5) is 2.20. The van der Waals surface area contributed by atoms with Crippen molar-refractivity contribution >= 4 is 6.72 Å². The maximum atomic E-state index is 3.64. The van der Waals surface area contributed by atoms with Crippen molar-refractivity contribution in [3.05, 3.63) is 0 Å². The molecule has 0 aromatic rings. The Labute approximate surface area is 81.4 Å². The molecule has 0 saturated heterocycles. The van der Waals surface area contributed by atoms with Gasteiger partial charge in [-0.2, -0.15) is 5.10 Å². The Morgan fingerprint density at radius 1 is 1.38 bits per heavy atom. The van der Waals surface area contributed by atoms with Crippen LogP contribution in [0.4, 0.5) is 0 Å². The highest BCUT2D eigenvalue weighted by molar-refractivity contribution is 5.23. The first kappa shape index (κ1) is 12.0. The standard InChI is InChI=1S/C10H19N3/c1-5-6-8-12(3)9-7-10-13(4)11-2/h2,5-6,8-9H2,1,3-4H3. The summed E-state index contributed by atoms with van der Waals surface area (Å²) >= 11 is 0. The fraction of sp³-hybridized carbons (Fsp3) is 0.700. The van der Waals surface area contributed by atoms with Gasteiger partial charge in [-0.25, -0.2) is 5.01 Å². The molecular weight excluding hydrogens is 162 g/mol. The van der Waals surface area contributed by atoms with Crippen LogP contribution < -0.4 is 0 Å². The molecule has 0 radical (unpaired) electrons. The summed E-state index contributed by atoms with van der Waals surface area (Å²) in [6.07, 6.45) is 2.46. The first-order valence-corrected chi connectivity index (χ1v) is 4.58. The highest BCUT2D eigenvalue weighted by Crippen LogP contribution is 1.89. The van der Waals surface area contributed by atoms with Gasteiger partial charge in [0, 0.05) is 19.8 Å². The molecule has 0 atom stereocenters. The quantitative estimate of drug-likeness (QED) is 0.275.